The van der Waals surface area contributed by atoms with Crippen molar-refractivity contribution in [3.05, 3.63) is 113 Å². The van der Waals surface area contributed by atoms with Gasteiger partial charge in [-0.25, -0.2) is 17.6 Å². The fourth-order valence-corrected chi connectivity index (χ4v) is 3.73. The van der Waals surface area contributed by atoms with Gasteiger partial charge < -0.3 is 0 Å². The van der Waals surface area contributed by atoms with Crippen molar-refractivity contribution in [2.45, 2.75) is 25.7 Å². The van der Waals surface area contributed by atoms with Gasteiger partial charge in [0.1, 0.15) is 5.82 Å². The van der Waals surface area contributed by atoms with Crippen LogP contribution in [0.3, 0.4) is 0 Å². The van der Waals surface area contributed by atoms with Gasteiger partial charge in [0.2, 0.25) is 0 Å². The molecule has 1 heterocycles. The number of pyridine rings is 1. The van der Waals surface area contributed by atoms with Crippen LogP contribution in [0, 0.1) is 23.3 Å². The summed E-state index contributed by atoms with van der Waals surface area (Å²) >= 11 is 0. The summed E-state index contributed by atoms with van der Waals surface area (Å²) in [5, 5.41) is 1.20. The van der Waals surface area contributed by atoms with Crippen LogP contribution in [0.4, 0.5) is 17.6 Å². The van der Waals surface area contributed by atoms with Gasteiger partial charge in [-0.3, -0.25) is 4.98 Å². The zero-order valence-corrected chi connectivity index (χ0v) is 17.3. The Kier molecular flexibility index (Phi) is 6.35. The molecule has 0 saturated heterocycles. The first-order chi connectivity index (χ1) is 15.5. The number of hydrogen-bond donors (Lipinski definition) is 0. The van der Waals surface area contributed by atoms with E-state index in [1.54, 1.807) is 12.1 Å². The molecular formula is C27H21F4N. The molecule has 0 saturated carbocycles. The van der Waals surface area contributed by atoms with E-state index >= 15 is 4.39 Å². The summed E-state index contributed by atoms with van der Waals surface area (Å²) < 4.78 is 55.0. The van der Waals surface area contributed by atoms with Crippen molar-refractivity contribution in [3.63, 3.8) is 0 Å². The highest BCUT2D eigenvalue weighted by Gasteiger charge is 2.13. The quantitative estimate of drug-likeness (QED) is 0.168. The lowest BCUT2D eigenvalue weighted by Crippen LogP contribution is -1.99. The maximum Gasteiger partial charge on any atom is 0.194 e. The van der Waals surface area contributed by atoms with E-state index < -0.39 is 17.5 Å². The van der Waals surface area contributed by atoms with Gasteiger partial charge in [0.15, 0.2) is 17.5 Å². The largest absolute Gasteiger partial charge is 0.256 e. The van der Waals surface area contributed by atoms with Crippen LogP contribution in [-0.2, 0) is 19.3 Å². The summed E-state index contributed by atoms with van der Waals surface area (Å²) in [5.74, 6) is -4.35. The van der Waals surface area contributed by atoms with Crippen molar-refractivity contribution >= 4 is 10.8 Å². The number of halogens is 4. The monoisotopic (exact) mass is 435 g/mol. The van der Waals surface area contributed by atoms with Crippen molar-refractivity contribution in [2.75, 3.05) is 0 Å². The Morgan fingerprint density at radius 2 is 1.53 bits per heavy atom. The van der Waals surface area contributed by atoms with Crippen LogP contribution in [-0.4, -0.2) is 4.98 Å². The Balaban J connectivity index is 1.55. The lowest BCUT2D eigenvalue weighted by atomic mass is 9.98. The van der Waals surface area contributed by atoms with Gasteiger partial charge in [0, 0.05) is 17.1 Å². The second-order valence-electron chi connectivity index (χ2n) is 7.73. The molecule has 1 nitrogen and oxygen atoms in total. The molecular weight excluding hydrogens is 414 g/mol. The fourth-order valence-electron chi connectivity index (χ4n) is 3.73. The number of benzene rings is 3. The molecule has 0 aliphatic carbocycles. The zero-order chi connectivity index (χ0) is 22.7. The number of aromatic nitrogens is 1. The Bertz CT molecular complexity index is 1260. The van der Waals surface area contributed by atoms with Gasteiger partial charge in [-0.05, 0) is 72.0 Å². The molecule has 32 heavy (non-hydrogen) atoms. The molecule has 0 amide bonds. The van der Waals surface area contributed by atoms with Gasteiger partial charge in [0.05, 0.1) is 5.69 Å². The first-order valence-electron chi connectivity index (χ1n) is 10.4. The van der Waals surface area contributed by atoms with E-state index in [1.807, 2.05) is 42.6 Å². The highest BCUT2D eigenvalue weighted by atomic mass is 19.2. The van der Waals surface area contributed by atoms with E-state index in [0.717, 1.165) is 47.2 Å². The minimum Gasteiger partial charge on any atom is -0.256 e. The number of allylic oxidation sites excluding steroid dienone is 1. The van der Waals surface area contributed by atoms with Crippen molar-refractivity contribution in [3.8, 4) is 11.3 Å². The molecule has 0 unspecified atom stereocenters. The molecule has 0 fully saturated rings. The molecule has 0 aliphatic rings. The maximum absolute atomic E-state index is 15.1. The third-order valence-electron chi connectivity index (χ3n) is 5.52. The van der Waals surface area contributed by atoms with E-state index in [-0.39, 0.29) is 24.2 Å². The molecule has 4 rings (SSSR count). The molecule has 0 atom stereocenters. The van der Waals surface area contributed by atoms with Crippen LogP contribution in [0.15, 0.2) is 73.4 Å². The summed E-state index contributed by atoms with van der Waals surface area (Å²) in [6.07, 6.45) is 5.92. The Morgan fingerprint density at radius 3 is 2.22 bits per heavy atom. The summed E-state index contributed by atoms with van der Waals surface area (Å²) in [7, 11) is 0. The standard InChI is InChI=1S/C27H21F4N/c1-2-3-4-17-6-12-25(32-16-17)21-10-11-22-20(15-21)9-8-19(26(22)30)7-5-18-13-23(28)27(31)24(29)14-18/h2,6,8-16H,1,3-5,7H2. The highest BCUT2D eigenvalue weighted by molar-refractivity contribution is 5.88. The molecule has 0 aliphatic heterocycles. The average molecular weight is 435 g/mol. The van der Waals surface area contributed by atoms with E-state index in [0.29, 0.717) is 10.9 Å². The van der Waals surface area contributed by atoms with Crippen LogP contribution < -0.4 is 0 Å². The Morgan fingerprint density at radius 1 is 0.750 bits per heavy atom. The third-order valence-corrected chi connectivity index (χ3v) is 5.52. The maximum atomic E-state index is 15.1. The summed E-state index contributed by atoms with van der Waals surface area (Å²) in [6.45, 7) is 3.73. The van der Waals surface area contributed by atoms with Gasteiger partial charge in [-0.1, -0.05) is 36.4 Å². The highest BCUT2D eigenvalue weighted by Crippen LogP contribution is 2.27. The Labute approximate surface area is 184 Å². The first-order valence-corrected chi connectivity index (χ1v) is 10.4. The second kappa shape index (κ2) is 9.35. The number of fused-ring (bicyclic) bond motifs is 1. The van der Waals surface area contributed by atoms with Crippen LogP contribution in [0.1, 0.15) is 23.1 Å². The molecule has 0 N–H and O–H groups in total. The molecule has 4 aromatic rings. The normalized spacial score (nSPS) is 11.1. The van der Waals surface area contributed by atoms with Crippen molar-refractivity contribution in [2.24, 2.45) is 0 Å². The molecule has 1 aromatic heterocycles. The number of aryl methyl sites for hydroxylation is 3. The first kappa shape index (κ1) is 21.8. The fraction of sp³-hybridized carbons (Fsp3) is 0.148. The van der Waals surface area contributed by atoms with Gasteiger partial charge >= 0.3 is 0 Å². The predicted molar refractivity (Wildman–Crippen MR) is 119 cm³/mol. The second-order valence-corrected chi connectivity index (χ2v) is 7.73. The van der Waals surface area contributed by atoms with Gasteiger partial charge in [-0.2, -0.15) is 0 Å². The lowest BCUT2D eigenvalue weighted by Gasteiger charge is -2.09. The van der Waals surface area contributed by atoms with Crippen LogP contribution in [0.2, 0.25) is 0 Å². The molecule has 3 aromatic carbocycles. The minimum absolute atomic E-state index is 0.191. The number of rotatable bonds is 7. The van der Waals surface area contributed by atoms with Crippen molar-refractivity contribution < 1.29 is 17.6 Å². The smallest absolute Gasteiger partial charge is 0.194 e. The van der Waals surface area contributed by atoms with E-state index in [4.69, 9.17) is 0 Å². The Hall–Kier alpha value is -3.47. The van der Waals surface area contributed by atoms with Crippen LogP contribution in [0.25, 0.3) is 22.0 Å². The average Bonchev–Trinajstić information content (AvgIpc) is 2.81. The van der Waals surface area contributed by atoms with Gasteiger partial charge in [0.25, 0.3) is 0 Å². The third kappa shape index (κ3) is 4.57. The zero-order valence-electron chi connectivity index (χ0n) is 17.3. The van der Waals surface area contributed by atoms with E-state index in [9.17, 15) is 13.2 Å². The van der Waals surface area contributed by atoms with Crippen LogP contribution >= 0.6 is 0 Å². The number of hydrogen-bond acceptors (Lipinski definition) is 1. The minimum atomic E-state index is -1.50. The van der Waals surface area contributed by atoms with Gasteiger partial charge in [-0.15, -0.1) is 6.58 Å². The molecule has 162 valence electrons. The molecule has 0 radical (unpaired) electrons. The number of nitrogens with zero attached hydrogens (tertiary/aromatic N) is 1. The molecule has 0 spiro atoms. The van der Waals surface area contributed by atoms with Crippen molar-refractivity contribution in [1.29, 1.82) is 0 Å². The lowest BCUT2D eigenvalue weighted by molar-refractivity contribution is 0.445. The summed E-state index contributed by atoms with van der Waals surface area (Å²) in [5.41, 5.74) is 3.53. The summed E-state index contributed by atoms with van der Waals surface area (Å²) in [4.78, 5) is 4.52. The van der Waals surface area contributed by atoms with E-state index in [1.165, 1.54) is 0 Å². The summed E-state index contributed by atoms with van der Waals surface area (Å²) in [6, 6.07) is 14.8. The van der Waals surface area contributed by atoms with E-state index in [2.05, 4.69) is 11.6 Å². The topological polar surface area (TPSA) is 12.9 Å². The molecule has 5 heteroatoms. The SMILES string of the molecule is C=CCCc1ccc(-c2ccc3c(F)c(CCc4cc(F)c(F)c(F)c4)ccc3c2)nc1. The molecule has 0 bridgehead atoms. The predicted octanol–water partition coefficient (Wildman–Crippen LogP) is 7.36. The van der Waals surface area contributed by atoms with Crippen LogP contribution in [0.5, 0.6) is 0 Å². The van der Waals surface area contributed by atoms with Crippen molar-refractivity contribution in [1.82, 2.24) is 4.98 Å².